The Labute approximate surface area is 108 Å². The summed E-state index contributed by atoms with van der Waals surface area (Å²) in [5.74, 6) is 0.00172. The number of carbonyl (C=O) groups excluding carboxylic acids is 1. The summed E-state index contributed by atoms with van der Waals surface area (Å²) < 4.78 is 5.33. The molecule has 4 heteroatoms. The summed E-state index contributed by atoms with van der Waals surface area (Å²) in [5.41, 5.74) is 7.00. The number of nitrogens with one attached hydrogen (secondary N) is 1. The lowest BCUT2D eigenvalue weighted by molar-refractivity contribution is -0.123. The molecule has 1 heterocycles. The molecule has 0 spiro atoms. The van der Waals surface area contributed by atoms with Crippen molar-refractivity contribution in [1.29, 1.82) is 0 Å². The van der Waals surface area contributed by atoms with Gasteiger partial charge < -0.3 is 15.8 Å². The van der Waals surface area contributed by atoms with E-state index in [1.807, 2.05) is 30.3 Å². The molecule has 3 N–H and O–H groups in total. The Bertz CT molecular complexity index is 375. The zero-order valence-electron chi connectivity index (χ0n) is 10.5. The van der Waals surface area contributed by atoms with Crippen LogP contribution in [0.1, 0.15) is 30.9 Å². The highest BCUT2D eigenvalue weighted by Crippen LogP contribution is 2.13. The highest BCUT2D eigenvalue weighted by molar-refractivity contribution is 5.77. The van der Waals surface area contributed by atoms with Crippen LogP contribution in [0.15, 0.2) is 30.3 Å². The maximum Gasteiger partial charge on any atom is 0.222 e. The van der Waals surface area contributed by atoms with Gasteiger partial charge in [0, 0.05) is 19.1 Å². The number of carbonyl (C=O) groups is 1. The summed E-state index contributed by atoms with van der Waals surface area (Å²) in [6, 6.07) is 9.60. The lowest BCUT2D eigenvalue weighted by Crippen LogP contribution is -2.41. The van der Waals surface area contributed by atoms with Crippen molar-refractivity contribution in [2.45, 2.75) is 31.3 Å². The topological polar surface area (TPSA) is 64.4 Å². The van der Waals surface area contributed by atoms with E-state index in [9.17, 15) is 4.79 Å². The molecule has 0 radical (unpaired) electrons. The average molecular weight is 248 g/mol. The SMILES string of the molecule is NC(CC(=O)NC1CCCOC1)c1ccccc1. The summed E-state index contributed by atoms with van der Waals surface area (Å²) in [7, 11) is 0. The number of rotatable bonds is 4. The predicted molar refractivity (Wildman–Crippen MR) is 70.0 cm³/mol. The molecule has 1 aromatic carbocycles. The quantitative estimate of drug-likeness (QED) is 0.846. The van der Waals surface area contributed by atoms with Crippen LogP contribution in [0.2, 0.25) is 0 Å². The normalized spacial score (nSPS) is 21.3. The summed E-state index contributed by atoms with van der Waals surface area (Å²) in [4.78, 5) is 11.8. The molecule has 1 amide bonds. The highest BCUT2D eigenvalue weighted by Gasteiger charge is 2.18. The molecule has 0 bridgehead atoms. The molecule has 0 aromatic heterocycles. The maximum absolute atomic E-state index is 11.8. The predicted octanol–water partition coefficient (Wildman–Crippen LogP) is 1.37. The fourth-order valence-corrected chi connectivity index (χ4v) is 2.16. The third kappa shape index (κ3) is 3.82. The molecule has 1 saturated heterocycles. The van der Waals surface area contributed by atoms with Crippen molar-refractivity contribution in [2.24, 2.45) is 5.73 Å². The van der Waals surface area contributed by atoms with E-state index in [2.05, 4.69) is 5.32 Å². The Morgan fingerprint density at radius 1 is 1.44 bits per heavy atom. The molecule has 1 fully saturated rings. The van der Waals surface area contributed by atoms with Gasteiger partial charge in [-0.3, -0.25) is 4.79 Å². The van der Waals surface area contributed by atoms with Crippen LogP contribution in [-0.4, -0.2) is 25.2 Å². The van der Waals surface area contributed by atoms with Crippen molar-refractivity contribution < 1.29 is 9.53 Å². The minimum Gasteiger partial charge on any atom is -0.379 e. The lowest BCUT2D eigenvalue weighted by atomic mass is 10.0. The first-order valence-electron chi connectivity index (χ1n) is 6.43. The third-order valence-corrected chi connectivity index (χ3v) is 3.16. The van der Waals surface area contributed by atoms with E-state index in [0.717, 1.165) is 25.0 Å². The summed E-state index contributed by atoms with van der Waals surface area (Å²) in [5, 5.41) is 2.98. The molecular formula is C14H20N2O2. The zero-order chi connectivity index (χ0) is 12.8. The van der Waals surface area contributed by atoms with Gasteiger partial charge in [0.2, 0.25) is 5.91 Å². The van der Waals surface area contributed by atoms with Crippen LogP contribution in [-0.2, 0) is 9.53 Å². The summed E-state index contributed by atoms with van der Waals surface area (Å²) >= 11 is 0. The minimum atomic E-state index is -0.240. The van der Waals surface area contributed by atoms with Crippen molar-refractivity contribution in [2.75, 3.05) is 13.2 Å². The van der Waals surface area contributed by atoms with Crippen LogP contribution < -0.4 is 11.1 Å². The first kappa shape index (κ1) is 13.1. The Balaban J connectivity index is 1.80. The Morgan fingerprint density at radius 3 is 2.89 bits per heavy atom. The van der Waals surface area contributed by atoms with E-state index < -0.39 is 0 Å². The van der Waals surface area contributed by atoms with Gasteiger partial charge in [-0.25, -0.2) is 0 Å². The molecule has 18 heavy (non-hydrogen) atoms. The molecule has 2 unspecified atom stereocenters. The standard InChI is InChI=1S/C14H20N2O2/c15-13(11-5-2-1-3-6-11)9-14(17)16-12-7-4-8-18-10-12/h1-3,5-6,12-13H,4,7-10,15H2,(H,16,17). The van der Waals surface area contributed by atoms with Gasteiger partial charge in [-0.15, -0.1) is 0 Å². The van der Waals surface area contributed by atoms with Crippen LogP contribution >= 0.6 is 0 Å². The number of amides is 1. The van der Waals surface area contributed by atoms with Crippen LogP contribution in [0.25, 0.3) is 0 Å². The number of hydrogen-bond donors (Lipinski definition) is 2. The van der Waals surface area contributed by atoms with E-state index in [4.69, 9.17) is 10.5 Å². The fraction of sp³-hybridized carbons (Fsp3) is 0.500. The molecule has 1 aliphatic rings. The fourth-order valence-electron chi connectivity index (χ4n) is 2.16. The van der Waals surface area contributed by atoms with Crippen LogP contribution in [0.4, 0.5) is 0 Å². The average Bonchev–Trinajstić information content (AvgIpc) is 2.40. The zero-order valence-corrected chi connectivity index (χ0v) is 10.5. The van der Waals surface area contributed by atoms with Crippen molar-refractivity contribution in [1.82, 2.24) is 5.32 Å². The monoisotopic (exact) mass is 248 g/mol. The van der Waals surface area contributed by atoms with E-state index in [1.165, 1.54) is 0 Å². The molecule has 2 atom stereocenters. The lowest BCUT2D eigenvalue weighted by Gasteiger charge is -2.23. The Hall–Kier alpha value is -1.39. The smallest absolute Gasteiger partial charge is 0.222 e. The van der Waals surface area contributed by atoms with Gasteiger partial charge in [0.15, 0.2) is 0 Å². The van der Waals surface area contributed by atoms with Crippen LogP contribution in [0.5, 0.6) is 0 Å². The summed E-state index contributed by atoms with van der Waals surface area (Å²) in [6.07, 6.45) is 2.32. The highest BCUT2D eigenvalue weighted by atomic mass is 16.5. The minimum absolute atomic E-state index is 0.00172. The van der Waals surface area contributed by atoms with Crippen molar-refractivity contribution >= 4 is 5.91 Å². The van der Waals surface area contributed by atoms with Gasteiger partial charge in [-0.1, -0.05) is 30.3 Å². The van der Waals surface area contributed by atoms with E-state index in [1.54, 1.807) is 0 Å². The largest absolute Gasteiger partial charge is 0.379 e. The van der Waals surface area contributed by atoms with Gasteiger partial charge in [-0.2, -0.15) is 0 Å². The van der Waals surface area contributed by atoms with Crippen molar-refractivity contribution in [3.63, 3.8) is 0 Å². The van der Waals surface area contributed by atoms with Gasteiger partial charge in [-0.05, 0) is 18.4 Å². The van der Waals surface area contributed by atoms with Crippen LogP contribution in [0.3, 0.4) is 0 Å². The molecule has 4 nitrogen and oxygen atoms in total. The van der Waals surface area contributed by atoms with Gasteiger partial charge >= 0.3 is 0 Å². The molecule has 1 aromatic rings. The molecule has 1 aliphatic heterocycles. The second kappa shape index (κ2) is 6.52. The molecule has 2 rings (SSSR count). The second-order valence-electron chi connectivity index (χ2n) is 4.70. The molecule has 0 saturated carbocycles. The summed E-state index contributed by atoms with van der Waals surface area (Å²) in [6.45, 7) is 1.42. The van der Waals surface area contributed by atoms with Gasteiger partial charge in [0.1, 0.15) is 0 Å². The van der Waals surface area contributed by atoms with E-state index >= 15 is 0 Å². The van der Waals surface area contributed by atoms with E-state index in [-0.39, 0.29) is 18.0 Å². The molecular weight excluding hydrogens is 228 g/mol. The van der Waals surface area contributed by atoms with Gasteiger partial charge in [0.05, 0.1) is 12.6 Å². The Kier molecular flexibility index (Phi) is 4.73. The first-order chi connectivity index (χ1) is 8.75. The van der Waals surface area contributed by atoms with Gasteiger partial charge in [0.25, 0.3) is 0 Å². The van der Waals surface area contributed by atoms with Crippen molar-refractivity contribution in [3.8, 4) is 0 Å². The second-order valence-corrected chi connectivity index (χ2v) is 4.70. The molecule has 0 aliphatic carbocycles. The third-order valence-electron chi connectivity index (χ3n) is 3.16. The number of benzene rings is 1. The number of nitrogens with two attached hydrogens (primary N) is 1. The van der Waals surface area contributed by atoms with Crippen LogP contribution in [0, 0.1) is 0 Å². The molecule has 98 valence electrons. The van der Waals surface area contributed by atoms with Crippen molar-refractivity contribution in [3.05, 3.63) is 35.9 Å². The number of hydrogen-bond acceptors (Lipinski definition) is 3. The van der Waals surface area contributed by atoms with E-state index in [0.29, 0.717) is 13.0 Å². The Morgan fingerprint density at radius 2 is 2.22 bits per heavy atom. The first-order valence-corrected chi connectivity index (χ1v) is 6.43. The maximum atomic E-state index is 11.8. The number of ether oxygens (including phenoxy) is 1.